The van der Waals surface area contributed by atoms with Crippen molar-refractivity contribution in [3.05, 3.63) is 24.2 Å². The normalized spacial score (nSPS) is 36.3. The van der Waals surface area contributed by atoms with Gasteiger partial charge in [0, 0.05) is 6.42 Å². The molecule has 1 aromatic rings. The van der Waals surface area contributed by atoms with E-state index < -0.39 is 0 Å². The summed E-state index contributed by atoms with van der Waals surface area (Å²) in [6.45, 7) is 8.83. The van der Waals surface area contributed by atoms with Crippen molar-refractivity contribution >= 4 is 0 Å². The summed E-state index contributed by atoms with van der Waals surface area (Å²) >= 11 is 0. The van der Waals surface area contributed by atoms with Gasteiger partial charge < -0.3 is 14.2 Å². The molecule has 0 amide bonds. The number of furan rings is 1. The summed E-state index contributed by atoms with van der Waals surface area (Å²) in [5.74, 6) is 2.10. The maximum atomic E-state index is 5.47. The molecule has 2 aliphatic rings. The van der Waals surface area contributed by atoms with Crippen molar-refractivity contribution < 1.29 is 14.2 Å². The predicted octanol–water partition coefficient (Wildman–Crippen LogP) is 0.142. The second-order valence-corrected chi connectivity index (χ2v) is 6.63. The van der Waals surface area contributed by atoms with E-state index in [1.54, 1.807) is 11.2 Å². The third-order valence-electron chi connectivity index (χ3n) is 5.12. The van der Waals surface area contributed by atoms with Crippen molar-refractivity contribution in [1.29, 1.82) is 0 Å². The number of quaternary nitrogens is 2. The van der Waals surface area contributed by atoms with Crippen LogP contribution in [0, 0.1) is 5.92 Å². The Labute approximate surface area is 116 Å². The summed E-state index contributed by atoms with van der Waals surface area (Å²) in [4.78, 5) is 3.58. The molecule has 19 heavy (non-hydrogen) atoms. The van der Waals surface area contributed by atoms with Crippen molar-refractivity contribution in [3.63, 3.8) is 0 Å². The molecule has 106 valence electrons. The first kappa shape index (κ1) is 13.2. The number of hydrogen-bond donors (Lipinski definition) is 2. The van der Waals surface area contributed by atoms with Gasteiger partial charge >= 0.3 is 0 Å². The van der Waals surface area contributed by atoms with Crippen LogP contribution in [0.5, 0.6) is 0 Å². The molecule has 0 radical (unpaired) electrons. The van der Waals surface area contributed by atoms with E-state index in [9.17, 15) is 0 Å². The van der Waals surface area contributed by atoms with Crippen LogP contribution in [0.4, 0.5) is 0 Å². The fraction of sp³-hybridized carbons (Fsp3) is 0.750. The van der Waals surface area contributed by atoms with Crippen molar-refractivity contribution in [2.75, 3.05) is 26.2 Å². The molecule has 0 aromatic carbocycles. The van der Waals surface area contributed by atoms with Crippen molar-refractivity contribution in [3.8, 4) is 0 Å². The van der Waals surface area contributed by atoms with Gasteiger partial charge in [-0.3, -0.25) is 0 Å². The molecule has 3 rings (SSSR count). The summed E-state index contributed by atoms with van der Waals surface area (Å²) in [7, 11) is 0. The molecule has 3 heteroatoms. The van der Waals surface area contributed by atoms with E-state index in [1.165, 1.54) is 51.9 Å². The minimum atomic E-state index is 0.953. The first-order valence-corrected chi connectivity index (χ1v) is 8.02. The molecule has 0 spiro atoms. The largest absolute Gasteiger partial charge is 0.463 e. The van der Waals surface area contributed by atoms with Crippen LogP contribution in [0.15, 0.2) is 22.8 Å². The topological polar surface area (TPSA) is 22.0 Å². The molecule has 2 N–H and O–H groups in total. The smallest absolute Gasteiger partial charge is 0.157 e. The van der Waals surface area contributed by atoms with Gasteiger partial charge in [0.05, 0.1) is 12.3 Å². The van der Waals surface area contributed by atoms with Gasteiger partial charge in [0.2, 0.25) is 0 Å². The molecule has 1 aromatic heterocycles. The molecular formula is C16H28N2O+2. The van der Waals surface area contributed by atoms with Crippen LogP contribution >= 0.6 is 0 Å². The fourth-order valence-corrected chi connectivity index (χ4v) is 3.97. The summed E-state index contributed by atoms with van der Waals surface area (Å²) in [6.07, 6.45) is 7.63. The number of piperazine rings is 1. The van der Waals surface area contributed by atoms with Gasteiger partial charge in [0.1, 0.15) is 32.7 Å². The zero-order chi connectivity index (χ0) is 13.1. The number of nitrogens with one attached hydrogen (secondary N) is 2. The lowest BCUT2D eigenvalue weighted by molar-refractivity contribution is -1.03. The average molecular weight is 264 g/mol. The van der Waals surface area contributed by atoms with Crippen molar-refractivity contribution in [1.82, 2.24) is 0 Å². The summed E-state index contributed by atoms with van der Waals surface area (Å²) in [5, 5.41) is 0. The highest BCUT2D eigenvalue weighted by atomic mass is 16.3. The maximum absolute atomic E-state index is 5.47. The highest BCUT2D eigenvalue weighted by molar-refractivity contribution is 4.95. The van der Waals surface area contributed by atoms with E-state index in [2.05, 4.69) is 13.0 Å². The second-order valence-electron chi connectivity index (χ2n) is 6.63. The van der Waals surface area contributed by atoms with Crippen molar-refractivity contribution in [2.45, 2.75) is 45.2 Å². The van der Waals surface area contributed by atoms with E-state index in [0.29, 0.717) is 0 Å². The van der Waals surface area contributed by atoms with E-state index in [-0.39, 0.29) is 0 Å². The molecule has 3 nitrogen and oxygen atoms in total. The third-order valence-corrected chi connectivity index (χ3v) is 5.12. The molecule has 1 saturated carbocycles. The van der Waals surface area contributed by atoms with Gasteiger partial charge in [0.15, 0.2) is 5.76 Å². The van der Waals surface area contributed by atoms with Gasteiger partial charge in [-0.1, -0.05) is 13.3 Å². The molecule has 2 atom stereocenters. The van der Waals surface area contributed by atoms with E-state index in [1.807, 2.05) is 11.0 Å². The molecular weight excluding hydrogens is 236 g/mol. The molecule has 2 heterocycles. The predicted molar refractivity (Wildman–Crippen MR) is 75.2 cm³/mol. The Kier molecular flexibility index (Phi) is 4.24. The summed E-state index contributed by atoms with van der Waals surface area (Å²) in [6, 6.07) is 5.06. The zero-order valence-corrected chi connectivity index (χ0v) is 12.2. The van der Waals surface area contributed by atoms with E-state index in [0.717, 1.165) is 24.3 Å². The van der Waals surface area contributed by atoms with Crippen LogP contribution < -0.4 is 9.80 Å². The average Bonchev–Trinajstić information content (AvgIpc) is 2.92. The minimum Gasteiger partial charge on any atom is -0.463 e. The highest BCUT2D eigenvalue weighted by Crippen LogP contribution is 2.21. The van der Waals surface area contributed by atoms with Gasteiger partial charge in [-0.15, -0.1) is 0 Å². The van der Waals surface area contributed by atoms with Crippen LogP contribution in [0.3, 0.4) is 0 Å². The number of rotatable bonds is 3. The Hall–Kier alpha value is -0.800. The molecule has 2 fully saturated rings. The van der Waals surface area contributed by atoms with Crippen LogP contribution in [-0.2, 0) is 6.54 Å². The fourth-order valence-electron chi connectivity index (χ4n) is 3.97. The van der Waals surface area contributed by atoms with E-state index >= 15 is 0 Å². The minimum absolute atomic E-state index is 0.953. The molecule has 1 aliphatic heterocycles. The molecule has 0 bridgehead atoms. The standard InChI is InChI=1S/C16H26N2O/c1-14-4-2-5-15(12-14)18-9-7-17(8-10-18)13-16-6-3-11-19-16/h3,6,11,14-15H,2,4-5,7-10,12-13H2,1H3/p+2/t14-,15-/m0/s1. The Balaban J connectivity index is 1.46. The Morgan fingerprint density at radius 3 is 2.74 bits per heavy atom. The van der Waals surface area contributed by atoms with Crippen molar-refractivity contribution in [2.24, 2.45) is 5.92 Å². The lowest BCUT2D eigenvalue weighted by Gasteiger charge is -2.37. The Morgan fingerprint density at radius 2 is 2.05 bits per heavy atom. The van der Waals surface area contributed by atoms with Gasteiger partial charge in [-0.05, 0) is 30.9 Å². The monoisotopic (exact) mass is 264 g/mol. The molecule has 0 unspecified atom stereocenters. The SMILES string of the molecule is C[C@H]1CCC[C@H]([NH+]2CC[NH+](Cc3ccco3)CC2)C1. The molecule has 1 aliphatic carbocycles. The summed E-state index contributed by atoms with van der Waals surface area (Å²) < 4.78 is 5.47. The molecule has 1 saturated heterocycles. The van der Waals surface area contributed by atoms with E-state index in [4.69, 9.17) is 4.42 Å². The summed E-state index contributed by atoms with van der Waals surface area (Å²) in [5.41, 5.74) is 0. The first-order valence-electron chi connectivity index (χ1n) is 8.02. The Bertz CT molecular complexity index is 368. The third kappa shape index (κ3) is 3.40. The second kappa shape index (κ2) is 6.10. The highest BCUT2D eigenvalue weighted by Gasteiger charge is 2.32. The lowest BCUT2D eigenvalue weighted by Crippen LogP contribution is -3.29. The van der Waals surface area contributed by atoms with Crippen LogP contribution in [0.1, 0.15) is 38.4 Å². The quantitative estimate of drug-likeness (QED) is 0.797. The van der Waals surface area contributed by atoms with Gasteiger partial charge in [-0.2, -0.15) is 0 Å². The van der Waals surface area contributed by atoms with Crippen LogP contribution in [0.2, 0.25) is 0 Å². The van der Waals surface area contributed by atoms with Crippen LogP contribution in [0.25, 0.3) is 0 Å². The Morgan fingerprint density at radius 1 is 1.21 bits per heavy atom. The lowest BCUT2D eigenvalue weighted by atomic mass is 9.86. The number of hydrogen-bond acceptors (Lipinski definition) is 1. The van der Waals surface area contributed by atoms with Crippen LogP contribution in [-0.4, -0.2) is 32.2 Å². The zero-order valence-electron chi connectivity index (χ0n) is 12.2. The maximum Gasteiger partial charge on any atom is 0.157 e. The van der Waals surface area contributed by atoms with Gasteiger partial charge in [-0.25, -0.2) is 0 Å². The van der Waals surface area contributed by atoms with Gasteiger partial charge in [0.25, 0.3) is 0 Å². The first-order chi connectivity index (χ1) is 9.31.